The minimum Gasteiger partial charge on any atom is -0.366 e. The van der Waals surface area contributed by atoms with Crippen LogP contribution < -0.4 is 4.90 Å². The molecular weight excluding hydrogens is 438 g/mol. The quantitative estimate of drug-likeness (QED) is 0.369. The maximum Gasteiger partial charge on any atom is 0.134 e. The molecule has 0 bridgehead atoms. The molecule has 1 unspecified atom stereocenters. The van der Waals surface area contributed by atoms with Gasteiger partial charge >= 0.3 is 0 Å². The molecule has 0 N–H and O–H groups in total. The summed E-state index contributed by atoms with van der Waals surface area (Å²) in [6.07, 6.45) is 2.71. The van der Waals surface area contributed by atoms with Crippen molar-refractivity contribution in [2.75, 3.05) is 11.4 Å². The van der Waals surface area contributed by atoms with Crippen molar-refractivity contribution in [3.05, 3.63) is 56.4 Å². The van der Waals surface area contributed by atoms with Crippen LogP contribution in [-0.4, -0.2) is 18.3 Å². The number of hydrogen-bond acceptors (Lipinski definition) is 2. The number of aryl methyl sites for hydroxylation is 1. The van der Waals surface area contributed by atoms with E-state index in [0.29, 0.717) is 11.5 Å². The Balaban J connectivity index is 1.99. The molecule has 0 saturated carbocycles. The van der Waals surface area contributed by atoms with Crippen LogP contribution in [-0.2, 0) is 0 Å². The number of halogens is 2. The number of benzene rings is 2. The van der Waals surface area contributed by atoms with Crippen molar-refractivity contribution in [1.29, 1.82) is 0 Å². The molecule has 0 amide bonds. The molecule has 2 aromatic rings. The Morgan fingerprint density at radius 1 is 1.31 bits per heavy atom. The van der Waals surface area contributed by atoms with Crippen molar-refractivity contribution in [1.82, 2.24) is 0 Å². The fraction of sp³-hybridized carbons (Fsp3) is 0.409. The van der Waals surface area contributed by atoms with Crippen molar-refractivity contribution in [2.24, 2.45) is 4.99 Å². The largest absolute Gasteiger partial charge is 0.366 e. The highest BCUT2D eigenvalue weighted by Gasteiger charge is 2.36. The zero-order valence-corrected chi connectivity index (χ0v) is 18.3. The second-order valence-corrected chi connectivity index (χ2v) is 8.95. The van der Waals surface area contributed by atoms with E-state index in [1.165, 1.54) is 14.7 Å². The zero-order chi connectivity index (χ0) is 19.1. The van der Waals surface area contributed by atoms with Gasteiger partial charge in [-0.05, 0) is 104 Å². The van der Waals surface area contributed by atoms with E-state index in [9.17, 15) is 4.39 Å². The van der Waals surface area contributed by atoms with Crippen LogP contribution in [0, 0.1) is 16.3 Å². The lowest BCUT2D eigenvalue weighted by Crippen LogP contribution is -2.48. The Bertz CT molecular complexity index is 857. The molecule has 1 atom stereocenters. The van der Waals surface area contributed by atoms with Crippen LogP contribution in [0.25, 0.3) is 0 Å². The number of aliphatic imine (C=N–C) groups is 1. The molecule has 0 aliphatic carbocycles. The van der Waals surface area contributed by atoms with Gasteiger partial charge in [0.15, 0.2) is 0 Å². The van der Waals surface area contributed by atoms with Gasteiger partial charge in [0.1, 0.15) is 5.82 Å². The van der Waals surface area contributed by atoms with E-state index in [1.807, 2.05) is 24.3 Å². The first-order valence-electron chi connectivity index (χ1n) is 9.14. The maximum atomic E-state index is 14.8. The number of hydrogen-bond donors (Lipinski definition) is 0. The minimum absolute atomic E-state index is 0.0436. The van der Waals surface area contributed by atoms with Gasteiger partial charge < -0.3 is 4.90 Å². The lowest BCUT2D eigenvalue weighted by atomic mass is 9.79. The fourth-order valence-electron chi connectivity index (χ4n) is 4.07. The van der Waals surface area contributed by atoms with Gasteiger partial charge in [-0.25, -0.2) is 4.39 Å². The first-order valence-corrected chi connectivity index (χ1v) is 10.2. The lowest BCUT2D eigenvalue weighted by Gasteiger charge is -2.47. The molecule has 138 valence electrons. The molecule has 4 heteroatoms. The summed E-state index contributed by atoms with van der Waals surface area (Å²) in [5.41, 5.74) is 4.87. The van der Waals surface area contributed by atoms with Crippen LogP contribution in [0.2, 0.25) is 0 Å². The van der Waals surface area contributed by atoms with Crippen molar-refractivity contribution < 1.29 is 4.39 Å². The monoisotopic (exact) mass is 464 g/mol. The summed E-state index contributed by atoms with van der Waals surface area (Å²) < 4.78 is 16.0. The molecule has 1 aliphatic heterocycles. The van der Waals surface area contributed by atoms with Crippen LogP contribution in [0.5, 0.6) is 0 Å². The standard InChI is InChI=1S/C22H26FIN2/c1-6-26-21-11-19(23)16(10-18(21)15(3)12-22(26,4)5)13-25-17-7-8-20(24)14(2)9-17/h7-11,13,15H,6,12H2,1-5H3. The summed E-state index contributed by atoms with van der Waals surface area (Å²) >= 11 is 2.30. The molecule has 0 fully saturated rings. The highest BCUT2D eigenvalue weighted by Crippen LogP contribution is 2.43. The highest BCUT2D eigenvalue weighted by molar-refractivity contribution is 14.1. The molecule has 2 aromatic carbocycles. The van der Waals surface area contributed by atoms with E-state index in [0.717, 1.165) is 24.3 Å². The maximum absolute atomic E-state index is 14.8. The van der Waals surface area contributed by atoms with Gasteiger partial charge in [-0.2, -0.15) is 0 Å². The number of rotatable bonds is 3. The summed E-state index contributed by atoms with van der Waals surface area (Å²) in [5, 5.41) is 0. The van der Waals surface area contributed by atoms with Gasteiger partial charge in [0.2, 0.25) is 0 Å². The number of anilines is 1. The topological polar surface area (TPSA) is 15.6 Å². The predicted molar refractivity (Wildman–Crippen MR) is 118 cm³/mol. The number of nitrogens with zero attached hydrogens (tertiary/aromatic N) is 2. The van der Waals surface area contributed by atoms with Gasteiger partial charge in [0.05, 0.1) is 5.69 Å². The third kappa shape index (κ3) is 3.66. The number of fused-ring (bicyclic) bond motifs is 1. The molecule has 2 nitrogen and oxygen atoms in total. The van der Waals surface area contributed by atoms with Gasteiger partial charge in [-0.3, -0.25) is 4.99 Å². The van der Waals surface area contributed by atoms with Gasteiger partial charge in [0.25, 0.3) is 0 Å². The zero-order valence-electron chi connectivity index (χ0n) is 16.1. The molecule has 3 rings (SSSR count). The fourth-order valence-corrected chi connectivity index (χ4v) is 4.41. The Hall–Kier alpha value is -1.43. The Morgan fingerprint density at radius 2 is 2.04 bits per heavy atom. The molecule has 0 aromatic heterocycles. The summed E-state index contributed by atoms with van der Waals surface area (Å²) in [6, 6.07) is 9.70. The second-order valence-electron chi connectivity index (χ2n) is 7.79. The minimum atomic E-state index is -0.210. The Labute approximate surface area is 169 Å². The predicted octanol–water partition coefficient (Wildman–Crippen LogP) is 6.60. The average Bonchev–Trinajstić information content (AvgIpc) is 2.56. The van der Waals surface area contributed by atoms with Crippen LogP contribution in [0.4, 0.5) is 15.8 Å². The van der Waals surface area contributed by atoms with Crippen molar-refractivity contribution in [3.63, 3.8) is 0 Å². The van der Waals surface area contributed by atoms with E-state index < -0.39 is 0 Å². The summed E-state index contributed by atoms with van der Waals surface area (Å²) in [6.45, 7) is 11.8. The van der Waals surface area contributed by atoms with Crippen LogP contribution in [0.3, 0.4) is 0 Å². The highest BCUT2D eigenvalue weighted by atomic mass is 127. The molecule has 1 aliphatic rings. The lowest BCUT2D eigenvalue weighted by molar-refractivity contribution is 0.380. The first kappa shape index (κ1) is 19.3. The van der Waals surface area contributed by atoms with Crippen molar-refractivity contribution in [3.8, 4) is 0 Å². The Kier molecular flexibility index (Phi) is 5.42. The SMILES string of the molecule is CCN1c2cc(F)c(C=Nc3ccc(I)c(C)c3)cc2C(C)CC1(C)C. The third-order valence-corrected chi connectivity index (χ3v) is 6.52. The van der Waals surface area contributed by atoms with Crippen molar-refractivity contribution in [2.45, 2.75) is 52.5 Å². The summed E-state index contributed by atoms with van der Waals surface area (Å²) in [4.78, 5) is 6.81. The van der Waals surface area contributed by atoms with E-state index in [4.69, 9.17) is 0 Å². The van der Waals surface area contributed by atoms with Crippen LogP contribution in [0.15, 0.2) is 35.3 Å². The average molecular weight is 464 g/mol. The molecule has 26 heavy (non-hydrogen) atoms. The summed E-state index contributed by atoms with van der Waals surface area (Å²) in [7, 11) is 0. The first-order chi connectivity index (χ1) is 12.2. The third-order valence-electron chi connectivity index (χ3n) is 5.31. The van der Waals surface area contributed by atoms with E-state index in [1.54, 1.807) is 12.3 Å². The van der Waals surface area contributed by atoms with E-state index in [-0.39, 0.29) is 11.4 Å². The Morgan fingerprint density at radius 3 is 2.69 bits per heavy atom. The molecular formula is C22H26FIN2. The van der Waals surface area contributed by atoms with Gasteiger partial charge in [-0.15, -0.1) is 0 Å². The van der Waals surface area contributed by atoms with E-state index >= 15 is 0 Å². The van der Waals surface area contributed by atoms with Gasteiger partial charge in [0, 0.05) is 33.1 Å². The molecule has 0 radical (unpaired) electrons. The second kappa shape index (κ2) is 7.29. The van der Waals surface area contributed by atoms with E-state index in [2.05, 4.69) is 67.1 Å². The smallest absolute Gasteiger partial charge is 0.134 e. The molecule has 1 heterocycles. The van der Waals surface area contributed by atoms with Crippen molar-refractivity contribution >= 4 is 40.2 Å². The van der Waals surface area contributed by atoms with Crippen LogP contribution in [0.1, 0.15) is 56.7 Å². The summed E-state index contributed by atoms with van der Waals surface area (Å²) in [5.74, 6) is 0.189. The normalized spacial score (nSPS) is 19.0. The molecule has 0 saturated heterocycles. The van der Waals surface area contributed by atoms with Gasteiger partial charge in [-0.1, -0.05) is 6.92 Å². The van der Waals surface area contributed by atoms with Crippen LogP contribution >= 0.6 is 22.6 Å². The molecule has 0 spiro atoms.